The topological polar surface area (TPSA) is 32.3 Å². The highest BCUT2D eigenvalue weighted by atomic mass is 19.1. The molecular formula is C12H15F2NO. The van der Waals surface area contributed by atoms with Gasteiger partial charge in [0.2, 0.25) is 0 Å². The van der Waals surface area contributed by atoms with Gasteiger partial charge in [-0.05, 0) is 43.1 Å². The van der Waals surface area contributed by atoms with Crippen LogP contribution >= 0.6 is 0 Å². The summed E-state index contributed by atoms with van der Waals surface area (Å²) in [6.45, 7) is 2.67. The lowest BCUT2D eigenvalue weighted by Gasteiger charge is -2.21. The van der Waals surface area contributed by atoms with Crippen molar-refractivity contribution in [2.24, 2.45) is 0 Å². The van der Waals surface area contributed by atoms with Crippen LogP contribution in [0.4, 0.5) is 8.78 Å². The third kappa shape index (κ3) is 2.23. The van der Waals surface area contributed by atoms with Gasteiger partial charge in [0.1, 0.15) is 11.6 Å². The zero-order valence-corrected chi connectivity index (χ0v) is 9.19. The summed E-state index contributed by atoms with van der Waals surface area (Å²) in [4.78, 5) is 0. The first-order valence-corrected chi connectivity index (χ1v) is 5.38. The maximum atomic E-state index is 13.6. The van der Waals surface area contributed by atoms with Gasteiger partial charge in [0.25, 0.3) is 0 Å². The summed E-state index contributed by atoms with van der Waals surface area (Å²) in [5.41, 5.74) is -0.408. The number of halogens is 2. The van der Waals surface area contributed by atoms with Crippen LogP contribution in [0.5, 0.6) is 0 Å². The van der Waals surface area contributed by atoms with Crippen molar-refractivity contribution < 1.29 is 13.9 Å². The van der Waals surface area contributed by atoms with Crippen molar-refractivity contribution in [3.63, 3.8) is 0 Å². The molecule has 1 aromatic rings. The lowest BCUT2D eigenvalue weighted by molar-refractivity contribution is 0.0609. The molecule has 4 heteroatoms. The van der Waals surface area contributed by atoms with Crippen molar-refractivity contribution in [3.05, 3.63) is 34.9 Å². The van der Waals surface area contributed by atoms with Gasteiger partial charge in [0.15, 0.2) is 0 Å². The van der Waals surface area contributed by atoms with Crippen LogP contribution in [-0.2, 0) is 6.42 Å². The Labute approximate surface area is 93.3 Å². The third-order valence-electron chi connectivity index (χ3n) is 3.07. The Bertz CT molecular complexity index is 400. The highest BCUT2D eigenvalue weighted by molar-refractivity contribution is 5.26. The molecule has 0 saturated carbocycles. The van der Waals surface area contributed by atoms with E-state index in [1.165, 1.54) is 19.1 Å². The highest BCUT2D eigenvalue weighted by Gasteiger charge is 2.32. The number of benzene rings is 1. The quantitative estimate of drug-likeness (QED) is 0.803. The molecule has 1 atom stereocenters. The molecule has 1 fully saturated rings. The number of rotatable bonds is 2. The van der Waals surface area contributed by atoms with E-state index in [1.54, 1.807) is 0 Å². The maximum Gasteiger partial charge on any atom is 0.126 e. The molecule has 1 aliphatic rings. The second-order valence-corrected chi connectivity index (χ2v) is 4.52. The standard InChI is InChI=1S/C12H15F2NO/c1-8-4-11(14)9(5-10(8)13)6-12(16)2-3-15-7-12/h4-5,15-16H,2-3,6-7H2,1H3. The Morgan fingerprint density at radius 1 is 1.38 bits per heavy atom. The normalized spacial score (nSPS) is 25.0. The van der Waals surface area contributed by atoms with Gasteiger partial charge in [-0.3, -0.25) is 0 Å². The molecule has 0 spiro atoms. The Balaban J connectivity index is 2.24. The van der Waals surface area contributed by atoms with Crippen LogP contribution in [0.2, 0.25) is 0 Å². The summed E-state index contributed by atoms with van der Waals surface area (Å²) in [6, 6.07) is 2.36. The molecule has 2 nitrogen and oxygen atoms in total. The summed E-state index contributed by atoms with van der Waals surface area (Å²) in [5, 5.41) is 13.1. The van der Waals surface area contributed by atoms with Gasteiger partial charge in [-0.15, -0.1) is 0 Å². The van der Waals surface area contributed by atoms with Crippen LogP contribution in [0, 0.1) is 18.6 Å². The fourth-order valence-corrected chi connectivity index (χ4v) is 2.06. The number of hydrogen-bond donors (Lipinski definition) is 2. The average Bonchev–Trinajstić information content (AvgIpc) is 2.62. The Kier molecular flexibility index (Phi) is 2.95. The van der Waals surface area contributed by atoms with Crippen LogP contribution < -0.4 is 5.32 Å². The van der Waals surface area contributed by atoms with E-state index in [4.69, 9.17) is 0 Å². The Morgan fingerprint density at radius 2 is 2.12 bits per heavy atom. The zero-order chi connectivity index (χ0) is 11.8. The lowest BCUT2D eigenvalue weighted by atomic mass is 9.93. The predicted molar refractivity (Wildman–Crippen MR) is 57.2 cm³/mol. The molecule has 1 heterocycles. The van der Waals surface area contributed by atoms with Crippen molar-refractivity contribution in [1.29, 1.82) is 0 Å². The van der Waals surface area contributed by atoms with E-state index < -0.39 is 17.2 Å². The van der Waals surface area contributed by atoms with Gasteiger partial charge in [0, 0.05) is 13.0 Å². The molecule has 1 aliphatic heterocycles. The molecule has 0 amide bonds. The molecule has 0 radical (unpaired) electrons. The maximum absolute atomic E-state index is 13.6. The summed E-state index contributed by atoms with van der Waals surface area (Å²) < 4.78 is 26.8. The molecule has 1 aromatic carbocycles. The van der Waals surface area contributed by atoms with Crippen LogP contribution in [0.15, 0.2) is 12.1 Å². The van der Waals surface area contributed by atoms with E-state index in [0.717, 1.165) is 0 Å². The first-order chi connectivity index (χ1) is 7.50. The highest BCUT2D eigenvalue weighted by Crippen LogP contribution is 2.23. The molecule has 0 bridgehead atoms. The fraction of sp³-hybridized carbons (Fsp3) is 0.500. The van der Waals surface area contributed by atoms with Gasteiger partial charge in [-0.2, -0.15) is 0 Å². The minimum atomic E-state index is -0.942. The minimum Gasteiger partial charge on any atom is -0.388 e. The second kappa shape index (κ2) is 4.11. The van der Waals surface area contributed by atoms with Crippen molar-refractivity contribution in [2.45, 2.75) is 25.4 Å². The van der Waals surface area contributed by atoms with E-state index in [-0.39, 0.29) is 17.5 Å². The molecule has 16 heavy (non-hydrogen) atoms. The smallest absolute Gasteiger partial charge is 0.126 e. The predicted octanol–water partition coefficient (Wildman–Crippen LogP) is 1.54. The summed E-state index contributed by atoms with van der Waals surface area (Å²) in [6.07, 6.45) is 0.727. The zero-order valence-electron chi connectivity index (χ0n) is 9.19. The Hall–Kier alpha value is -1.00. The molecule has 88 valence electrons. The SMILES string of the molecule is Cc1cc(F)c(CC2(O)CCNC2)cc1F. The van der Waals surface area contributed by atoms with Crippen molar-refractivity contribution >= 4 is 0 Å². The third-order valence-corrected chi connectivity index (χ3v) is 3.07. The number of hydrogen-bond acceptors (Lipinski definition) is 2. The molecule has 2 N–H and O–H groups in total. The molecule has 1 saturated heterocycles. The van der Waals surface area contributed by atoms with E-state index in [1.807, 2.05) is 0 Å². The molecule has 2 rings (SSSR count). The van der Waals surface area contributed by atoms with Gasteiger partial charge >= 0.3 is 0 Å². The van der Waals surface area contributed by atoms with Crippen molar-refractivity contribution in [1.82, 2.24) is 5.32 Å². The largest absolute Gasteiger partial charge is 0.388 e. The van der Waals surface area contributed by atoms with Crippen LogP contribution in [0.25, 0.3) is 0 Å². The van der Waals surface area contributed by atoms with Crippen molar-refractivity contribution in [2.75, 3.05) is 13.1 Å². The molecular weight excluding hydrogens is 212 g/mol. The fourth-order valence-electron chi connectivity index (χ4n) is 2.06. The van der Waals surface area contributed by atoms with Gasteiger partial charge in [-0.1, -0.05) is 0 Å². The molecule has 1 unspecified atom stereocenters. The molecule has 0 aromatic heterocycles. The second-order valence-electron chi connectivity index (χ2n) is 4.52. The van der Waals surface area contributed by atoms with Crippen LogP contribution in [-0.4, -0.2) is 23.8 Å². The summed E-state index contributed by atoms with van der Waals surface area (Å²) in [5.74, 6) is -0.870. The van der Waals surface area contributed by atoms with Crippen LogP contribution in [0.1, 0.15) is 17.5 Å². The monoisotopic (exact) mass is 227 g/mol. The van der Waals surface area contributed by atoms with Gasteiger partial charge < -0.3 is 10.4 Å². The van der Waals surface area contributed by atoms with E-state index in [9.17, 15) is 13.9 Å². The van der Waals surface area contributed by atoms with E-state index in [0.29, 0.717) is 19.5 Å². The summed E-state index contributed by atoms with van der Waals surface area (Å²) in [7, 11) is 0. The minimum absolute atomic E-state index is 0.156. The number of nitrogens with one attached hydrogen (secondary N) is 1. The van der Waals surface area contributed by atoms with Crippen LogP contribution in [0.3, 0.4) is 0 Å². The first kappa shape index (κ1) is 11.5. The van der Waals surface area contributed by atoms with E-state index >= 15 is 0 Å². The van der Waals surface area contributed by atoms with Gasteiger partial charge in [0.05, 0.1) is 5.60 Å². The van der Waals surface area contributed by atoms with Crippen molar-refractivity contribution in [3.8, 4) is 0 Å². The van der Waals surface area contributed by atoms with E-state index in [2.05, 4.69) is 5.32 Å². The molecule has 0 aliphatic carbocycles. The number of aryl methyl sites for hydroxylation is 1. The average molecular weight is 227 g/mol. The summed E-state index contributed by atoms with van der Waals surface area (Å²) >= 11 is 0. The first-order valence-electron chi connectivity index (χ1n) is 5.38. The number of aliphatic hydroxyl groups is 1. The Morgan fingerprint density at radius 3 is 2.75 bits per heavy atom. The van der Waals surface area contributed by atoms with Gasteiger partial charge in [-0.25, -0.2) is 8.78 Å². The lowest BCUT2D eigenvalue weighted by Crippen LogP contribution is -2.34. The number of β-amino-alcohol motifs (C(OH)–C–C–N with tert-alkyl or cyclic N) is 1.